The molecule has 2 atom stereocenters. The van der Waals surface area contributed by atoms with Crippen molar-refractivity contribution >= 4 is 5.91 Å². The number of nitrogens with two attached hydrogens (primary N) is 1. The lowest BCUT2D eigenvalue weighted by molar-refractivity contribution is -0.130. The molecule has 0 aliphatic rings. The molecule has 1 amide bonds. The average molecular weight is 214 g/mol. The molecule has 3 heteroatoms. The van der Waals surface area contributed by atoms with Crippen LogP contribution in [0.25, 0.3) is 0 Å². The number of carbonyl (C=O) groups is 1. The Bertz CT molecular complexity index is 182. The Morgan fingerprint density at radius 2 is 1.93 bits per heavy atom. The Morgan fingerprint density at radius 3 is 2.40 bits per heavy atom. The molecule has 90 valence electrons. The topological polar surface area (TPSA) is 46.3 Å². The van der Waals surface area contributed by atoms with Gasteiger partial charge < -0.3 is 10.6 Å². The molecule has 2 unspecified atom stereocenters. The van der Waals surface area contributed by atoms with Crippen LogP contribution in [0.15, 0.2) is 0 Å². The van der Waals surface area contributed by atoms with Crippen molar-refractivity contribution in [3.8, 4) is 0 Å². The van der Waals surface area contributed by atoms with Crippen LogP contribution in [-0.4, -0.2) is 30.9 Å². The van der Waals surface area contributed by atoms with Gasteiger partial charge in [-0.25, -0.2) is 0 Å². The summed E-state index contributed by atoms with van der Waals surface area (Å²) in [4.78, 5) is 13.5. The van der Waals surface area contributed by atoms with Gasteiger partial charge in [0.25, 0.3) is 0 Å². The summed E-state index contributed by atoms with van der Waals surface area (Å²) in [6.45, 7) is 7.95. The van der Waals surface area contributed by atoms with E-state index >= 15 is 0 Å². The summed E-state index contributed by atoms with van der Waals surface area (Å²) >= 11 is 0. The van der Waals surface area contributed by atoms with Crippen molar-refractivity contribution in [3.05, 3.63) is 0 Å². The second kappa shape index (κ2) is 7.69. The normalized spacial score (nSPS) is 14.7. The summed E-state index contributed by atoms with van der Waals surface area (Å²) in [5, 5.41) is 0. The number of amides is 1. The lowest BCUT2D eigenvalue weighted by Gasteiger charge is -2.21. The average Bonchev–Trinajstić information content (AvgIpc) is 2.24. The maximum absolute atomic E-state index is 11.7. The lowest BCUT2D eigenvalue weighted by atomic mass is 10.0. The largest absolute Gasteiger partial charge is 0.345 e. The molecule has 0 aliphatic heterocycles. The van der Waals surface area contributed by atoms with Crippen molar-refractivity contribution in [1.82, 2.24) is 4.90 Å². The quantitative estimate of drug-likeness (QED) is 0.703. The molecule has 0 aromatic carbocycles. The van der Waals surface area contributed by atoms with E-state index in [4.69, 9.17) is 5.73 Å². The summed E-state index contributed by atoms with van der Waals surface area (Å²) in [5.74, 6) is 1.28. The van der Waals surface area contributed by atoms with E-state index in [1.54, 1.807) is 0 Å². The smallest absolute Gasteiger partial charge is 0.222 e. The number of hydrogen-bond acceptors (Lipinski definition) is 2. The first-order valence-electron chi connectivity index (χ1n) is 5.95. The summed E-state index contributed by atoms with van der Waals surface area (Å²) in [6.07, 6.45) is 2.66. The zero-order valence-corrected chi connectivity index (χ0v) is 10.6. The summed E-state index contributed by atoms with van der Waals surface area (Å²) in [6, 6.07) is 0. The molecule has 0 rings (SSSR count). The number of nitrogens with zero attached hydrogens (tertiary/aromatic N) is 1. The van der Waals surface area contributed by atoms with Gasteiger partial charge in [-0.2, -0.15) is 0 Å². The van der Waals surface area contributed by atoms with Crippen molar-refractivity contribution in [2.24, 2.45) is 17.6 Å². The fourth-order valence-corrected chi connectivity index (χ4v) is 1.38. The van der Waals surface area contributed by atoms with Gasteiger partial charge in [-0.3, -0.25) is 4.79 Å². The van der Waals surface area contributed by atoms with Gasteiger partial charge in [0.05, 0.1) is 0 Å². The summed E-state index contributed by atoms with van der Waals surface area (Å²) in [5.41, 5.74) is 5.51. The molecule has 3 nitrogen and oxygen atoms in total. The van der Waals surface area contributed by atoms with Crippen LogP contribution < -0.4 is 5.73 Å². The Labute approximate surface area is 94.0 Å². The molecule has 0 aliphatic carbocycles. The van der Waals surface area contributed by atoms with Crippen molar-refractivity contribution in [1.29, 1.82) is 0 Å². The second-order valence-corrected chi connectivity index (χ2v) is 4.67. The Morgan fingerprint density at radius 1 is 1.33 bits per heavy atom. The second-order valence-electron chi connectivity index (χ2n) is 4.67. The maximum atomic E-state index is 11.7. The van der Waals surface area contributed by atoms with Gasteiger partial charge in [0.1, 0.15) is 0 Å². The van der Waals surface area contributed by atoms with E-state index in [-0.39, 0.29) is 5.91 Å². The molecule has 0 aromatic rings. The van der Waals surface area contributed by atoms with Crippen LogP contribution in [0.3, 0.4) is 0 Å². The first-order chi connectivity index (χ1) is 7.01. The van der Waals surface area contributed by atoms with Crippen LogP contribution in [-0.2, 0) is 4.79 Å². The maximum Gasteiger partial charge on any atom is 0.222 e. The van der Waals surface area contributed by atoms with E-state index in [1.807, 2.05) is 11.9 Å². The van der Waals surface area contributed by atoms with Gasteiger partial charge in [0.15, 0.2) is 0 Å². The Balaban J connectivity index is 3.79. The van der Waals surface area contributed by atoms with E-state index in [1.165, 1.54) is 0 Å². The van der Waals surface area contributed by atoms with Gasteiger partial charge in [-0.15, -0.1) is 0 Å². The first-order valence-corrected chi connectivity index (χ1v) is 5.95. The zero-order chi connectivity index (χ0) is 11.8. The van der Waals surface area contributed by atoms with E-state index in [2.05, 4.69) is 20.8 Å². The fraction of sp³-hybridized carbons (Fsp3) is 0.917. The highest BCUT2D eigenvalue weighted by molar-refractivity contribution is 5.75. The molecule has 0 heterocycles. The molecule has 0 bridgehead atoms. The fourth-order valence-electron chi connectivity index (χ4n) is 1.38. The highest BCUT2D eigenvalue weighted by Crippen LogP contribution is 2.08. The molecule has 0 radical (unpaired) electrons. The molecule has 0 fully saturated rings. The Hall–Kier alpha value is -0.570. The van der Waals surface area contributed by atoms with Gasteiger partial charge in [-0.1, -0.05) is 27.2 Å². The van der Waals surface area contributed by atoms with Gasteiger partial charge in [0.2, 0.25) is 5.91 Å². The number of hydrogen-bond donors (Lipinski definition) is 1. The third-order valence-electron chi connectivity index (χ3n) is 2.96. The van der Waals surface area contributed by atoms with Crippen LogP contribution >= 0.6 is 0 Å². The molecular formula is C12H26N2O. The van der Waals surface area contributed by atoms with Crippen LogP contribution in [0.4, 0.5) is 0 Å². The minimum atomic E-state index is 0.246. The monoisotopic (exact) mass is 214 g/mol. The Kier molecular flexibility index (Phi) is 7.39. The van der Waals surface area contributed by atoms with Crippen LogP contribution in [0.5, 0.6) is 0 Å². The van der Waals surface area contributed by atoms with Crippen molar-refractivity contribution in [2.75, 3.05) is 20.1 Å². The summed E-state index contributed by atoms with van der Waals surface area (Å²) in [7, 11) is 1.89. The van der Waals surface area contributed by atoms with E-state index < -0.39 is 0 Å². The first kappa shape index (κ1) is 14.4. The van der Waals surface area contributed by atoms with Gasteiger partial charge in [-0.05, 0) is 24.8 Å². The number of rotatable bonds is 7. The van der Waals surface area contributed by atoms with E-state index in [0.29, 0.717) is 24.8 Å². The van der Waals surface area contributed by atoms with Gasteiger partial charge in [0, 0.05) is 20.0 Å². The molecule has 0 saturated carbocycles. The van der Waals surface area contributed by atoms with Crippen LogP contribution in [0.2, 0.25) is 0 Å². The molecule has 0 saturated heterocycles. The third-order valence-corrected chi connectivity index (χ3v) is 2.96. The predicted octanol–water partition coefficient (Wildman–Crippen LogP) is 1.87. The van der Waals surface area contributed by atoms with Crippen molar-refractivity contribution in [3.63, 3.8) is 0 Å². The van der Waals surface area contributed by atoms with Crippen molar-refractivity contribution in [2.45, 2.75) is 40.0 Å². The third kappa shape index (κ3) is 6.50. The molecular weight excluding hydrogens is 188 g/mol. The number of carbonyl (C=O) groups excluding carboxylic acids is 1. The molecule has 0 aromatic heterocycles. The lowest BCUT2D eigenvalue weighted by Crippen LogP contribution is -2.31. The minimum absolute atomic E-state index is 0.246. The molecule has 15 heavy (non-hydrogen) atoms. The van der Waals surface area contributed by atoms with E-state index in [0.717, 1.165) is 19.4 Å². The standard InChI is InChI=1S/C12H26N2O/c1-5-10(2)9-14(4)12(15)7-6-11(3)8-13/h10-11H,5-9,13H2,1-4H3. The minimum Gasteiger partial charge on any atom is -0.345 e. The van der Waals surface area contributed by atoms with E-state index in [9.17, 15) is 4.79 Å². The van der Waals surface area contributed by atoms with Gasteiger partial charge >= 0.3 is 0 Å². The SMILES string of the molecule is CCC(C)CN(C)C(=O)CCC(C)CN. The highest BCUT2D eigenvalue weighted by atomic mass is 16.2. The van der Waals surface area contributed by atoms with Crippen molar-refractivity contribution < 1.29 is 4.79 Å². The molecule has 0 spiro atoms. The predicted molar refractivity (Wildman–Crippen MR) is 64.5 cm³/mol. The highest BCUT2D eigenvalue weighted by Gasteiger charge is 2.12. The zero-order valence-electron chi connectivity index (χ0n) is 10.6. The van der Waals surface area contributed by atoms with Crippen LogP contribution in [0, 0.1) is 11.8 Å². The van der Waals surface area contributed by atoms with Crippen LogP contribution in [0.1, 0.15) is 40.0 Å². The molecule has 2 N–H and O–H groups in total. The summed E-state index contributed by atoms with van der Waals surface area (Å²) < 4.78 is 0.